The fraction of sp³-hybridized carbons (Fsp3) is 0.524. The second kappa shape index (κ2) is 10.2. The summed E-state index contributed by atoms with van der Waals surface area (Å²) in [4.78, 5) is 26.9. The van der Waals surface area contributed by atoms with Gasteiger partial charge in [-0.2, -0.15) is 0 Å². The predicted octanol–water partition coefficient (Wildman–Crippen LogP) is 1.19. The number of hydrogen-bond acceptors (Lipinski definition) is 5. The standard InChI is InChI=1S/C21H29N3O4/c1-27-19-7-3-2-5-16(19)6-4-11-24-12-10-22-21(26)18(24)15-20(25)23-17-8-13-28-14-9-17/h2-7,17-18H,8-15H2,1H3,(H,22,26)(H,23,25)/b6-4+. The van der Waals surface area contributed by atoms with Crippen molar-refractivity contribution in [2.45, 2.75) is 31.3 Å². The summed E-state index contributed by atoms with van der Waals surface area (Å²) in [6, 6.07) is 7.48. The monoisotopic (exact) mass is 387 g/mol. The molecule has 2 aliphatic rings. The van der Waals surface area contributed by atoms with Crippen molar-refractivity contribution in [1.82, 2.24) is 15.5 Å². The Morgan fingerprint density at radius 1 is 1.36 bits per heavy atom. The fourth-order valence-electron chi connectivity index (χ4n) is 3.63. The van der Waals surface area contributed by atoms with Gasteiger partial charge in [0, 0.05) is 44.5 Å². The molecule has 0 aliphatic carbocycles. The van der Waals surface area contributed by atoms with Crippen LogP contribution in [-0.4, -0.2) is 68.8 Å². The van der Waals surface area contributed by atoms with Crippen LogP contribution in [0.5, 0.6) is 5.75 Å². The molecule has 7 heteroatoms. The number of para-hydroxylation sites is 1. The van der Waals surface area contributed by atoms with Crippen LogP contribution in [0.2, 0.25) is 0 Å². The topological polar surface area (TPSA) is 79.9 Å². The lowest BCUT2D eigenvalue weighted by Gasteiger charge is -2.34. The van der Waals surface area contributed by atoms with Gasteiger partial charge in [-0.3, -0.25) is 14.5 Å². The minimum Gasteiger partial charge on any atom is -0.496 e. The fourth-order valence-corrected chi connectivity index (χ4v) is 3.63. The summed E-state index contributed by atoms with van der Waals surface area (Å²) >= 11 is 0. The summed E-state index contributed by atoms with van der Waals surface area (Å²) in [5.41, 5.74) is 0.986. The number of piperazine rings is 1. The van der Waals surface area contributed by atoms with Crippen LogP contribution in [0, 0.1) is 0 Å². The largest absolute Gasteiger partial charge is 0.496 e. The zero-order chi connectivity index (χ0) is 19.8. The van der Waals surface area contributed by atoms with Crippen molar-refractivity contribution in [3.05, 3.63) is 35.9 Å². The summed E-state index contributed by atoms with van der Waals surface area (Å²) < 4.78 is 10.7. The Balaban J connectivity index is 1.57. The van der Waals surface area contributed by atoms with Crippen LogP contribution in [-0.2, 0) is 14.3 Å². The average Bonchev–Trinajstić information content (AvgIpc) is 2.71. The van der Waals surface area contributed by atoms with Crippen LogP contribution in [0.25, 0.3) is 6.08 Å². The van der Waals surface area contributed by atoms with Gasteiger partial charge in [0.25, 0.3) is 0 Å². The number of benzene rings is 1. The maximum Gasteiger partial charge on any atom is 0.237 e. The normalized spacial score (nSPS) is 21.5. The maximum absolute atomic E-state index is 12.5. The van der Waals surface area contributed by atoms with E-state index < -0.39 is 6.04 Å². The highest BCUT2D eigenvalue weighted by Crippen LogP contribution is 2.19. The summed E-state index contributed by atoms with van der Waals surface area (Å²) in [5, 5.41) is 5.92. The van der Waals surface area contributed by atoms with Gasteiger partial charge in [0.05, 0.1) is 19.6 Å². The molecule has 152 valence electrons. The number of ether oxygens (including phenoxy) is 2. The third-order valence-electron chi connectivity index (χ3n) is 5.18. The van der Waals surface area contributed by atoms with Crippen LogP contribution in [0.3, 0.4) is 0 Å². The Bertz CT molecular complexity index is 701. The van der Waals surface area contributed by atoms with Crippen molar-refractivity contribution >= 4 is 17.9 Å². The Morgan fingerprint density at radius 2 is 2.14 bits per heavy atom. The van der Waals surface area contributed by atoms with Gasteiger partial charge in [0.15, 0.2) is 0 Å². The quantitative estimate of drug-likeness (QED) is 0.735. The highest BCUT2D eigenvalue weighted by molar-refractivity contribution is 5.89. The molecule has 2 N–H and O–H groups in total. The summed E-state index contributed by atoms with van der Waals surface area (Å²) in [7, 11) is 1.65. The Morgan fingerprint density at radius 3 is 2.93 bits per heavy atom. The third kappa shape index (κ3) is 5.56. The number of hydrogen-bond donors (Lipinski definition) is 2. The van der Waals surface area contributed by atoms with Gasteiger partial charge in [-0.15, -0.1) is 0 Å². The van der Waals surface area contributed by atoms with Gasteiger partial charge >= 0.3 is 0 Å². The van der Waals surface area contributed by atoms with Crippen molar-refractivity contribution in [2.75, 3.05) is 40.0 Å². The van der Waals surface area contributed by atoms with Crippen LogP contribution in [0.1, 0.15) is 24.8 Å². The lowest BCUT2D eigenvalue weighted by molar-refractivity contribution is -0.134. The molecule has 2 saturated heterocycles. The maximum atomic E-state index is 12.5. The van der Waals surface area contributed by atoms with Gasteiger partial charge in [-0.05, 0) is 18.9 Å². The molecule has 7 nitrogen and oxygen atoms in total. The minimum atomic E-state index is -0.448. The van der Waals surface area contributed by atoms with Crippen molar-refractivity contribution in [1.29, 1.82) is 0 Å². The van der Waals surface area contributed by atoms with E-state index in [-0.39, 0.29) is 24.3 Å². The van der Waals surface area contributed by atoms with E-state index in [4.69, 9.17) is 9.47 Å². The number of rotatable bonds is 7. The summed E-state index contributed by atoms with van der Waals surface area (Å²) in [5.74, 6) is 0.647. The SMILES string of the molecule is COc1ccccc1/C=C/CN1CCNC(=O)C1CC(=O)NC1CCOCC1. The number of carbonyl (C=O) groups is 2. The van der Waals surface area contributed by atoms with Crippen molar-refractivity contribution < 1.29 is 19.1 Å². The van der Waals surface area contributed by atoms with Crippen molar-refractivity contribution in [3.8, 4) is 5.75 Å². The second-order valence-electron chi connectivity index (χ2n) is 7.10. The Labute approximate surface area is 166 Å². The van der Waals surface area contributed by atoms with E-state index in [0.29, 0.717) is 26.3 Å². The Hall–Kier alpha value is -2.38. The summed E-state index contributed by atoms with van der Waals surface area (Å²) in [6.07, 6.45) is 5.83. The molecule has 2 heterocycles. The van der Waals surface area contributed by atoms with Crippen molar-refractivity contribution in [3.63, 3.8) is 0 Å². The number of amides is 2. The predicted molar refractivity (Wildman–Crippen MR) is 107 cm³/mol. The molecule has 0 bridgehead atoms. The first-order valence-corrected chi connectivity index (χ1v) is 9.86. The first-order chi connectivity index (χ1) is 13.7. The number of nitrogens with one attached hydrogen (secondary N) is 2. The van der Waals surface area contributed by atoms with Crippen LogP contribution in [0.15, 0.2) is 30.3 Å². The molecule has 0 radical (unpaired) electrons. The third-order valence-corrected chi connectivity index (χ3v) is 5.18. The van der Waals surface area contributed by atoms with Gasteiger partial charge < -0.3 is 20.1 Å². The van der Waals surface area contributed by atoms with Gasteiger partial charge in [-0.25, -0.2) is 0 Å². The number of carbonyl (C=O) groups excluding carboxylic acids is 2. The molecule has 2 fully saturated rings. The highest BCUT2D eigenvalue weighted by atomic mass is 16.5. The molecule has 0 saturated carbocycles. The first kappa shape index (κ1) is 20.4. The Kier molecular flexibility index (Phi) is 7.45. The molecule has 2 amide bonds. The molecule has 1 aromatic carbocycles. The first-order valence-electron chi connectivity index (χ1n) is 9.86. The van der Waals surface area contributed by atoms with Crippen LogP contribution >= 0.6 is 0 Å². The molecular weight excluding hydrogens is 358 g/mol. The minimum absolute atomic E-state index is 0.0762. The average molecular weight is 387 g/mol. The van der Waals surface area contributed by atoms with Crippen molar-refractivity contribution in [2.24, 2.45) is 0 Å². The summed E-state index contributed by atoms with van der Waals surface area (Å²) in [6.45, 7) is 3.26. The van der Waals surface area contributed by atoms with E-state index in [1.165, 1.54) is 0 Å². The molecule has 3 rings (SSSR count). The van der Waals surface area contributed by atoms with E-state index in [1.807, 2.05) is 41.3 Å². The number of methoxy groups -OCH3 is 1. The zero-order valence-electron chi connectivity index (χ0n) is 16.4. The smallest absolute Gasteiger partial charge is 0.237 e. The zero-order valence-corrected chi connectivity index (χ0v) is 16.4. The van der Waals surface area contributed by atoms with E-state index >= 15 is 0 Å². The lowest BCUT2D eigenvalue weighted by Crippen LogP contribution is -2.56. The van der Waals surface area contributed by atoms with Gasteiger partial charge in [0.1, 0.15) is 5.75 Å². The van der Waals surface area contributed by atoms with Crippen LogP contribution in [0.4, 0.5) is 0 Å². The molecule has 0 spiro atoms. The van der Waals surface area contributed by atoms with E-state index in [9.17, 15) is 9.59 Å². The molecule has 28 heavy (non-hydrogen) atoms. The van der Waals surface area contributed by atoms with Gasteiger partial charge in [-0.1, -0.05) is 30.4 Å². The van der Waals surface area contributed by atoms with Crippen LogP contribution < -0.4 is 15.4 Å². The van der Waals surface area contributed by atoms with E-state index in [0.717, 1.165) is 30.7 Å². The molecule has 1 atom stereocenters. The molecule has 2 aliphatic heterocycles. The number of nitrogens with zero attached hydrogens (tertiary/aromatic N) is 1. The second-order valence-corrected chi connectivity index (χ2v) is 7.10. The van der Waals surface area contributed by atoms with Gasteiger partial charge in [0.2, 0.25) is 11.8 Å². The lowest BCUT2D eigenvalue weighted by atomic mass is 10.1. The van der Waals surface area contributed by atoms with E-state index in [2.05, 4.69) is 10.6 Å². The molecular formula is C21H29N3O4. The molecule has 1 aromatic rings. The van der Waals surface area contributed by atoms with E-state index in [1.54, 1.807) is 7.11 Å². The highest BCUT2D eigenvalue weighted by Gasteiger charge is 2.31. The molecule has 1 unspecified atom stereocenters. The molecule has 0 aromatic heterocycles.